The number of fused-ring (bicyclic) bond motifs is 1. The Morgan fingerprint density at radius 2 is 1.90 bits per heavy atom. The number of benzene rings is 1. The predicted molar refractivity (Wildman–Crippen MR) is 116 cm³/mol. The van der Waals surface area contributed by atoms with E-state index >= 15 is 8.78 Å². The second-order valence-corrected chi connectivity index (χ2v) is 7.58. The summed E-state index contributed by atoms with van der Waals surface area (Å²) in [6, 6.07) is 2.31. The van der Waals surface area contributed by atoms with E-state index in [1.54, 1.807) is 0 Å². The molecule has 4 rings (SSSR count). The smallest absolute Gasteiger partial charge is 0.254 e. The second kappa shape index (κ2) is 8.95. The number of ether oxygens (including phenoxy) is 1. The van der Waals surface area contributed by atoms with Crippen LogP contribution >= 0.6 is 11.6 Å². The molecule has 1 aliphatic carbocycles. The fourth-order valence-electron chi connectivity index (χ4n) is 3.31. The highest BCUT2D eigenvalue weighted by atomic mass is 35.5. The van der Waals surface area contributed by atoms with E-state index in [2.05, 4.69) is 15.1 Å². The van der Waals surface area contributed by atoms with Crippen LogP contribution in [0.1, 0.15) is 12.1 Å². The Bertz CT molecular complexity index is 1190. The molecule has 9 heteroatoms. The van der Waals surface area contributed by atoms with E-state index < -0.39 is 11.6 Å². The number of allylic oxidation sites excluding steroid dienone is 6. The molecule has 2 heterocycles. The Kier molecular flexibility index (Phi) is 6.11. The van der Waals surface area contributed by atoms with Gasteiger partial charge in [-0.15, -0.1) is 0 Å². The number of rotatable bonds is 6. The zero-order valence-corrected chi connectivity index (χ0v) is 17.8. The summed E-state index contributed by atoms with van der Waals surface area (Å²) in [6.07, 6.45) is 11.2. The molecule has 0 bridgehead atoms. The maximum atomic E-state index is 15.2. The molecule has 0 saturated carbocycles. The Balaban J connectivity index is 1.87. The highest BCUT2D eigenvalue weighted by molar-refractivity contribution is 6.32. The van der Waals surface area contributed by atoms with Crippen molar-refractivity contribution >= 4 is 23.0 Å². The van der Waals surface area contributed by atoms with E-state index in [1.165, 1.54) is 10.8 Å². The van der Waals surface area contributed by atoms with Crippen LogP contribution in [-0.4, -0.2) is 51.7 Å². The number of hydrogen-bond acceptors (Lipinski definition) is 5. The molecule has 160 valence electrons. The molecule has 0 unspecified atom stereocenters. The highest BCUT2D eigenvalue weighted by Crippen LogP contribution is 2.39. The third kappa shape index (κ3) is 4.35. The first-order valence-corrected chi connectivity index (χ1v) is 10.0. The number of nitrogens with zero attached hydrogens (tertiary/aromatic N) is 5. The third-order valence-electron chi connectivity index (χ3n) is 4.75. The Labute approximate surface area is 183 Å². The zero-order chi connectivity index (χ0) is 22.0. The van der Waals surface area contributed by atoms with Crippen LogP contribution in [-0.2, 0) is 0 Å². The first kappa shape index (κ1) is 21.1. The summed E-state index contributed by atoms with van der Waals surface area (Å²) in [7, 11) is 3.77. The van der Waals surface area contributed by atoms with Crippen LogP contribution in [0.3, 0.4) is 0 Å². The van der Waals surface area contributed by atoms with Gasteiger partial charge in [0.15, 0.2) is 0 Å². The molecule has 1 aliphatic rings. The van der Waals surface area contributed by atoms with Crippen molar-refractivity contribution in [1.29, 1.82) is 0 Å². The summed E-state index contributed by atoms with van der Waals surface area (Å²) in [6.45, 7) is 0.915. The molecule has 6 nitrogen and oxygen atoms in total. The number of halogens is 3. The minimum absolute atomic E-state index is 0.0623. The molecule has 0 spiro atoms. The first-order chi connectivity index (χ1) is 15.0. The molecule has 0 saturated heterocycles. The van der Waals surface area contributed by atoms with Gasteiger partial charge in [-0.25, -0.2) is 8.78 Å². The van der Waals surface area contributed by atoms with Gasteiger partial charge < -0.3 is 9.64 Å². The van der Waals surface area contributed by atoms with Crippen molar-refractivity contribution in [3.8, 4) is 16.9 Å². The van der Waals surface area contributed by atoms with Crippen molar-refractivity contribution in [3.05, 3.63) is 71.3 Å². The SMILES string of the molecule is CN(C)CCOc1cc(F)c(-c2c(Cl)nc3ncnn3c2C2=CC=CC=CC2)c(F)c1. The molecule has 3 aromatic rings. The highest BCUT2D eigenvalue weighted by Gasteiger charge is 2.25. The summed E-state index contributed by atoms with van der Waals surface area (Å²) < 4.78 is 37.4. The number of likely N-dealkylation sites (N-methyl/N-ethyl adjacent to an activating group) is 1. The van der Waals surface area contributed by atoms with E-state index in [0.29, 0.717) is 25.3 Å². The molecule has 2 aromatic heterocycles. The van der Waals surface area contributed by atoms with Crippen LogP contribution in [0, 0.1) is 11.6 Å². The lowest BCUT2D eigenvalue weighted by Crippen LogP contribution is -2.19. The molecule has 0 fully saturated rings. The van der Waals surface area contributed by atoms with Gasteiger partial charge in [0.2, 0.25) is 0 Å². The van der Waals surface area contributed by atoms with Crippen molar-refractivity contribution in [3.63, 3.8) is 0 Å². The van der Waals surface area contributed by atoms with Gasteiger partial charge in [-0.05, 0) is 26.1 Å². The van der Waals surface area contributed by atoms with Gasteiger partial charge in [0, 0.05) is 18.7 Å². The third-order valence-corrected chi connectivity index (χ3v) is 5.03. The topological polar surface area (TPSA) is 55.5 Å². The lowest BCUT2D eigenvalue weighted by Gasteiger charge is -2.17. The van der Waals surface area contributed by atoms with Gasteiger partial charge in [-0.1, -0.05) is 42.0 Å². The van der Waals surface area contributed by atoms with Crippen molar-refractivity contribution in [2.24, 2.45) is 0 Å². The number of aromatic nitrogens is 4. The predicted octanol–water partition coefficient (Wildman–Crippen LogP) is 4.56. The molecule has 31 heavy (non-hydrogen) atoms. The Morgan fingerprint density at radius 1 is 1.13 bits per heavy atom. The fraction of sp³-hybridized carbons (Fsp3) is 0.227. The van der Waals surface area contributed by atoms with Crippen LogP contribution < -0.4 is 4.74 Å². The van der Waals surface area contributed by atoms with Crippen LogP contribution in [0.5, 0.6) is 5.75 Å². The van der Waals surface area contributed by atoms with Gasteiger partial charge in [0.1, 0.15) is 35.5 Å². The molecule has 0 atom stereocenters. The van der Waals surface area contributed by atoms with E-state index in [1.807, 2.05) is 49.4 Å². The fourth-order valence-corrected chi connectivity index (χ4v) is 3.57. The molecular formula is C22H20ClF2N5O. The lowest BCUT2D eigenvalue weighted by molar-refractivity contribution is 0.259. The largest absolute Gasteiger partial charge is 0.492 e. The first-order valence-electron chi connectivity index (χ1n) is 9.64. The average molecular weight is 444 g/mol. The van der Waals surface area contributed by atoms with Crippen LogP contribution in [0.25, 0.3) is 22.5 Å². The molecule has 0 radical (unpaired) electrons. The van der Waals surface area contributed by atoms with Gasteiger partial charge in [-0.3, -0.25) is 0 Å². The molecule has 0 aliphatic heterocycles. The van der Waals surface area contributed by atoms with E-state index in [-0.39, 0.29) is 27.8 Å². The number of hydrogen-bond donors (Lipinski definition) is 0. The maximum Gasteiger partial charge on any atom is 0.254 e. The summed E-state index contributed by atoms with van der Waals surface area (Å²) >= 11 is 6.44. The maximum absolute atomic E-state index is 15.2. The molecule has 0 N–H and O–H groups in total. The molecule has 1 aromatic carbocycles. The van der Waals surface area contributed by atoms with Crippen LogP contribution in [0.15, 0.2) is 48.8 Å². The van der Waals surface area contributed by atoms with Crippen molar-refractivity contribution in [2.75, 3.05) is 27.2 Å². The van der Waals surface area contributed by atoms with Crippen LogP contribution in [0.4, 0.5) is 8.78 Å². The minimum atomic E-state index is -0.801. The average Bonchev–Trinajstić information content (AvgIpc) is 3.00. The normalized spacial score (nSPS) is 13.7. The van der Waals surface area contributed by atoms with Crippen LogP contribution in [0.2, 0.25) is 5.15 Å². The van der Waals surface area contributed by atoms with E-state index in [9.17, 15) is 0 Å². The van der Waals surface area contributed by atoms with Crippen molar-refractivity contribution in [2.45, 2.75) is 6.42 Å². The Hall–Kier alpha value is -3.10. The van der Waals surface area contributed by atoms with Gasteiger partial charge in [0.25, 0.3) is 5.78 Å². The zero-order valence-electron chi connectivity index (χ0n) is 17.0. The van der Waals surface area contributed by atoms with Crippen molar-refractivity contribution < 1.29 is 13.5 Å². The second-order valence-electron chi connectivity index (χ2n) is 7.22. The van der Waals surface area contributed by atoms with E-state index in [4.69, 9.17) is 16.3 Å². The van der Waals surface area contributed by atoms with Gasteiger partial charge >= 0.3 is 0 Å². The standard InChI is InChI=1S/C22H20ClF2N5O/c1-29(2)9-10-31-15-11-16(24)18(17(25)12-15)19-20(14-7-5-3-4-6-8-14)30-22(26-13-27-30)28-21(19)23/h3-7,11-13H,8-10H2,1-2H3. The van der Waals surface area contributed by atoms with E-state index in [0.717, 1.165) is 17.7 Å². The summed E-state index contributed by atoms with van der Waals surface area (Å²) in [5.41, 5.74) is 1.03. The molecular weight excluding hydrogens is 424 g/mol. The van der Waals surface area contributed by atoms with Gasteiger partial charge in [-0.2, -0.15) is 19.6 Å². The molecule has 0 amide bonds. The van der Waals surface area contributed by atoms with Gasteiger partial charge in [0.05, 0.1) is 16.8 Å². The monoisotopic (exact) mass is 443 g/mol. The summed E-state index contributed by atoms with van der Waals surface area (Å²) in [5.74, 6) is -1.26. The summed E-state index contributed by atoms with van der Waals surface area (Å²) in [4.78, 5) is 10.2. The minimum Gasteiger partial charge on any atom is -0.492 e. The van der Waals surface area contributed by atoms with Crippen molar-refractivity contribution in [1.82, 2.24) is 24.5 Å². The Morgan fingerprint density at radius 3 is 2.65 bits per heavy atom. The summed E-state index contributed by atoms with van der Waals surface area (Å²) in [5, 5.41) is 4.14. The lowest BCUT2D eigenvalue weighted by atomic mass is 9.97. The quantitative estimate of drug-likeness (QED) is 0.523.